The van der Waals surface area contributed by atoms with Gasteiger partial charge in [0.1, 0.15) is 11.6 Å². The van der Waals surface area contributed by atoms with Crippen molar-refractivity contribution in [1.82, 2.24) is 24.7 Å². The number of amides is 1. The van der Waals surface area contributed by atoms with Gasteiger partial charge in [0.25, 0.3) is 0 Å². The van der Waals surface area contributed by atoms with Gasteiger partial charge in [-0.1, -0.05) is 23.9 Å². The summed E-state index contributed by atoms with van der Waals surface area (Å²) in [6, 6.07) is 12.6. The van der Waals surface area contributed by atoms with Gasteiger partial charge in [0, 0.05) is 12.2 Å². The second-order valence-electron chi connectivity index (χ2n) is 6.46. The van der Waals surface area contributed by atoms with Gasteiger partial charge in [-0.3, -0.25) is 4.79 Å². The molecule has 0 spiro atoms. The number of thioether (sulfide) groups is 1. The number of aryl methyl sites for hydroxylation is 1. The van der Waals surface area contributed by atoms with Crippen LogP contribution in [0.15, 0.2) is 47.6 Å². The third-order valence-corrected chi connectivity index (χ3v) is 5.36. The number of benzene rings is 2. The third-order valence-electron chi connectivity index (χ3n) is 4.39. The molecule has 8 nitrogen and oxygen atoms in total. The molecule has 4 rings (SSSR count). The van der Waals surface area contributed by atoms with E-state index in [1.54, 1.807) is 18.2 Å². The lowest BCUT2D eigenvalue weighted by atomic mass is 10.2. The fraction of sp³-hybridized carbons (Fsp3) is 0.200. The van der Waals surface area contributed by atoms with E-state index in [2.05, 4.69) is 25.5 Å². The summed E-state index contributed by atoms with van der Waals surface area (Å²) in [6.45, 7) is 4.48. The van der Waals surface area contributed by atoms with Gasteiger partial charge in [0.05, 0.1) is 22.3 Å². The molecule has 9 heteroatoms. The van der Waals surface area contributed by atoms with Crippen molar-refractivity contribution in [1.29, 1.82) is 0 Å². The van der Waals surface area contributed by atoms with Crippen LogP contribution >= 0.6 is 11.8 Å². The number of para-hydroxylation sites is 1. The number of hydrogen-bond acceptors (Lipinski definition) is 6. The molecular weight excluding hydrogens is 388 g/mol. The highest BCUT2D eigenvalue weighted by Crippen LogP contribution is 2.30. The number of phenols is 1. The number of nitrogens with one attached hydrogen (secondary N) is 2. The molecule has 0 bridgehead atoms. The van der Waals surface area contributed by atoms with E-state index in [-0.39, 0.29) is 17.4 Å². The molecule has 148 valence electrons. The number of hydrogen-bond donors (Lipinski definition) is 3. The van der Waals surface area contributed by atoms with Crippen LogP contribution in [0.2, 0.25) is 0 Å². The van der Waals surface area contributed by atoms with Crippen molar-refractivity contribution in [3.05, 3.63) is 48.3 Å². The zero-order valence-corrected chi connectivity index (χ0v) is 16.8. The summed E-state index contributed by atoms with van der Waals surface area (Å²) in [7, 11) is 0. The molecule has 2 heterocycles. The monoisotopic (exact) mass is 408 g/mol. The first-order valence-electron chi connectivity index (χ1n) is 9.15. The highest BCUT2D eigenvalue weighted by Gasteiger charge is 2.17. The molecule has 3 N–H and O–H groups in total. The normalized spacial score (nSPS) is 11.1. The fourth-order valence-corrected chi connectivity index (χ4v) is 3.89. The molecule has 0 saturated carbocycles. The summed E-state index contributed by atoms with van der Waals surface area (Å²) in [4.78, 5) is 19.9. The smallest absolute Gasteiger partial charge is 0.234 e. The number of H-pyrrole nitrogens is 1. The second-order valence-corrected chi connectivity index (χ2v) is 7.40. The number of phenolic OH excluding ortho intramolecular Hbond substituents is 1. The molecule has 1 amide bonds. The summed E-state index contributed by atoms with van der Waals surface area (Å²) >= 11 is 1.30. The standard InChI is InChI=1S/C20H20N6O2S/c1-3-26-19(14-6-4-5-7-17(14)27)24-25-20(26)29-11-18(28)23-13-8-9-15-16(10-13)22-12(2)21-15/h4-10,27H,3,11H2,1-2H3,(H,21,22)(H,23,28). The van der Waals surface area contributed by atoms with E-state index in [4.69, 9.17) is 0 Å². The molecule has 0 atom stereocenters. The average molecular weight is 408 g/mol. The number of fused-ring (bicyclic) bond motifs is 1. The predicted octanol–water partition coefficient (Wildman–Crippen LogP) is 3.59. The Balaban J connectivity index is 1.45. The quantitative estimate of drug-likeness (QED) is 0.421. The lowest BCUT2D eigenvalue weighted by molar-refractivity contribution is -0.113. The molecule has 0 saturated heterocycles. The van der Waals surface area contributed by atoms with Crippen LogP contribution in [0, 0.1) is 6.92 Å². The lowest BCUT2D eigenvalue weighted by Gasteiger charge is -2.09. The lowest BCUT2D eigenvalue weighted by Crippen LogP contribution is -2.14. The van der Waals surface area contributed by atoms with E-state index >= 15 is 0 Å². The molecule has 0 fully saturated rings. The van der Waals surface area contributed by atoms with E-state index in [0.717, 1.165) is 16.9 Å². The first kappa shape index (κ1) is 19.0. The van der Waals surface area contributed by atoms with Crippen LogP contribution in [0.5, 0.6) is 5.75 Å². The van der Waals surface area contributed by atoms with Gasteiger partial charge in [0.2, 0.25) is 5.91 Å². The van der Waals surface area contributed by atoms with Crippen LogP contribution in [0.3, 0.4) is 0 Å². The fourth-order valence-electron chi connectivity index (χ4n) is 3.08. The Bertz CT molecular complexity index is 1180. The Hall–Kier alpha value is -3.33. The van der Waals surface area contributed by atoms with Crippen molar-refractivity contribution in [3.63, 3.8) is 0 Å². The minimum Gasteiger partial charge on any atom is -0.507 e. The van der Waals surface area contributed by atoms with Crippen LogP contribution < -0.4 is 5.32 Å². The first-order valence-corrected chi connectivity index (χ1v) is 10.1. The summed E-state index contributed by atoms with van der Waals surface area (Å²) in [5.41, 5.74) is 3.06. The van der Waals surface area contributed by atoms with Crippen LogP contribution in [0.25, 0.3) is 22.4 Å². The topological polar surface area (TPSA) is 109 Å². The SMILES string of the molecule is CCn1c(SCC(=O)Nc2ccc3nc(C)[nH]c3c2)nnc1-c1ccccc1O. The molecule has 29 heavy (non-hydrogen) atoms. The van der Waals surface area contributed by atoms with Crippen molar-refractivity contribution in [2.24, 2.45) is 0 Å². The van der Waals surface area contributed by atoms with Gasteiger partial charge >= 0.3 is 0 Å². The second kappa shape index (κ2) is 7.96. The summed E-state index contributed by atoms with van der Waals surface area (Å²) in [5.74, 6) is 1.61. The van der Waals surface area contributed by atoms with Crippen LogP contribution in [0.4, 0.5) is 5.69 Å². The van der Waals surface area contributed by atoms with E-state index < -0.39 is 0 Å². The van der Waals surface area contributed by atoms with Gasteiger partial charge < -0.3 is 20.0 Å². The van der Waals surface area contributed by atoms with Crippen LogP contribution in [-0.4, -0.2) is 41.5 Å². The number of aromatic hydroxyl groups is 1. The Morgan fingerprint density at radius 3 is 2.86 bits per heavy atom. The molecule has 0 unspecified atom stereocenters. The van der Waals surface area contributed by atoms with Gasteiger partial charge in [-0.05, 0) is 44.2 Å². The minimum absolute atomic E-state index is 0.139. The number of carbonyl (C=O) groups is 1. The zero-order chi connectivity index (χ0) is 20.4. The maximum atomic E-state index is 12.4. The van der Waals surface area contributed by atoms with Crippen molar-refractivity contribution in [2.45, 2.75) is 25.5 Å². The van der Waals surface area contributed by atoms with Crippen LogP contribution in [0.1, 0.15) is 12.7 Å². The Morgan fingerprint density at radius 1 is 1.24 bits per heavy atom. The Kier molecular flexibility index (Phi) is 5.22. The van der Waals surface area contributed by atoms with E-state index in [9.17, 15) is 9.90 Å². The number of aromatic amines is 1. The highest BCUT2D eigenvalue weighted by atomic mass is 32.2. The van der Waals surface area contributed by atoms with Crippen molar-refractivity contribution >= 4 is 34.4 Å². The molecule has 0 aliphatic carbocycles. The van der Waals surface area contributed by atoms with E-state index in [1.807, 2.05) is 42.7 Å². The molecular formula is C20H20N6O2S. The molecule has 2 aromatic carbocycles. The van der Waals surface area contributed by atoms with Crippen molar-refractivity contribution in [2.75, 3.05) is 11.1 Å². The number of rotatable bonds is 6. The molecule has 0 aliphatic rings. The van der Waals surface area contributed by atoms with Crippen LogP contribution in [-0.2, 0) is 11.3 Å². The average Bonchev–Trinajstić information content (AvgIpc) is 3.28. The maximum absolute atomic E-state index is 12.4. The van der Waals surface area contributed by atoms with E-state index in [1.165, 1.54) is 11.8 Å². The summed E-state index contributed by atoms with van der Waals surface area (Å²) in [5, 5.41) is 22.0. The third kappa shape index (κ3) is 3.95. The zero-order valence-electron chi connectivity index (χ0n) is 16.0. The summed E-state index contributed by atoms with van der Waals surface area (Å²) < 4.78 is 1.88. The molecule has 0 aliphatic heterocycles. The first-order chi connectivity index (χ1) is 14.0. The molecule has 2 aromatic heterocycles. The maximum Gasteiger partial charge on any atom is 0.234 e. The Morgan fingerprint density at radius 2 is 2.07 bits per heavy atom. The van der Waals surface area contributed by atoms with Gasteiger partial charge in [-0.15, -0.1) is 10.2 Å². The van der Waals surface area contributed by atoms with Crippen molar-refractivity contribution in [3.8, 4) is 17.1 Å². The number of anilines is 1. The van der Waals surface area contributed by atoms with Gasteiger partial charge in [0.15, 0.2) is 11.0 Å². The highest BCUT2D eigenvalue weighted by molar-refractivity contribution is 7.99. The molecule has 4 aromatic rings. The summed E-state index contributed by atoms with van der Waals surface area (Å²) in [6.07, 6.45) is 0. The minimum atomic E-state index is -0.139. The molecule has 0 radical (unpaired) electrons. The van der Waals surface area contributed by atoms with E-state index in [0.29, 0.717) is 28.8 Å². The largest absolute Gasteiger partial charge is 0.507 e. The van der Waals surface area contributed by atoms with Gasteiger partial charge in [-0.25, -0.2) is 4.98 Å². The number of carbonyl (C=O) groups excluding carboxylic acids is 1. The number of nitrogens with zero attached hydrogens (tertiary/aromatic N) is 4. The number of aromatic nitrogens is 5. The predicted molar refractivity (Wildman–Crippen MR) is 113 cm³/mol. The number of imidazole rings is 1. The van der Waals surface area contributed by atoms with Crippen molar-refractivity contribution < 1.29 is 9.90 Å². The van der Waals surface area contributed by atoms with Gasteiger partial charge in [-0.2, -0.15) is 0 Å². The Labute approximate surface area is 171 Å².